The van der Waals surface area contributed by atoms with Gasteiger partial charge in [0.05, 0.1) is 12.2 Å². The molecule has 4 aliphatic carbocycles. The van der Waals surface area contributed by atoms with Crippen molar-refractivity contribution in [2.75, 3.05) is 6.61 Å². The summed E-state index contributed by atoms with van der Waals surface area (Å²) in [6, 6.07) is 0. The van der Waals surface area contributed by atoms with Crippen LogP contribution in [0.5, 0.6) is 0 Å². The van der Waals surface area contributed by atoms with Crippen LogP contribution in [-0.2, 0) is 19.1 Å². The smallest absolute Gasteiger partial charge is 0.193 e. The Hall–Kier alpha value is -1.34. The molecule has 8 atom stereocenters. The molecule has 5 unspecified atom stereocenters. The number of Topliss-reactive ketones (excluding diaryl/α,β-unsaturated/α-hetero) is 1. The second-order valence-corrected chi connectivity index (χ2v) is 10.9. The highest BCUT2D eigenvalue weighted by Gasteiger charge is 2.76. The maximum Gasteiger partial charge on any atom is 0.193 e. The number of aliphatic hydroxyl groups excluding tert-OH is 2. The van der Waals surface area contributed by atoms with Gasteiger partial charge in [0.2, 0.25) is 0 Å². The first-order chi connectivity index (χ1) is 14.0. The Kier molecular flexibility index (Phi) is 4.20. The maximum absolute atomic E-state index is 13.2. The van der Waals surface area contributed by atoms with Gasteiger partial charge in [0.15, 0.2) is 23.0 Å². The number of carbonyl (C=O) groups is 2. The minimum absolute atomic E-state index is 0.0167. The van der Waals surface area contributed by atoms with Gasteiger partial charge in [0, 0.05) is 16.7 Å². The Balaban J connectivity index is 1.59. The molecule has 0 spiro atoms. The van der Waals surface area contributed by atoms with Gasteiger partial charge in [-0.1, -0.05) is 25.5 Å². The summed E-state index contributed by atoms with van der Waals surface area (Å²) in [6.45, 7) is 7.19. The largest absolute Gasteiger partial charge is 0.393 e. The molecule has 5 aliphatic rings. The van der Waals surface area contributed by atoms with Gasteiger partial charge in [-0.05, 0) is 63.5 Å². The third-order valence-corrected chi connectivity index (χ3v) is 9.05. The lowest BCUT2D eigenvalue weighted by Crippen LogP contribution is -2.63. The zero-order valence-corrected chi connectivity index (χ0v) is 18.2. The first-order valence-electron chi connectivity index (χ1n) is 11.1. The van der Waals surface area contributed by atoms with Gasteiger partial charge in [0.25, 0.3) is 0 Å². The van der Waals surface area contributed by atoms with E-state index in [1.54, 1.807) is 26.0 Å². The molecule has 6 nitrogen and oxygen atoms in total. The van der Waals surface area contributed by atoms with Crippen LogP contribution < -0.4 is 0 Å². The summed E-state index contributed by atoms with van der Waals surface area (Å²) < 4.78 is 12.6. The fraction of sp³-hybridized carbons (Fsp3) is 0.750. The molecule has 0 aromatic carbocycles. The van der Waals surface area contributed by atoms with Gasteiger partial charge in [-0.3, -0.25) is 9.59 Å². The molecule has 1 heterocycles. The van der Waals surface area contributed by atoms with Crippen LogP contribution in [0.4, 0.5) is 0 Å². The van der Waals surface area contributed by atoms with E-state index in [0.29, 0.717) is 12.8 Å². The molecule has 4 fully saturated rings. The van der Waals surface area contributed by atoms with E-state index in [2.05, 4.69) is 6.92 Å². The number of allylic oxidation sites excluding steroid dienone is 4. The van der Waals surface area contributed by atoms with Crippen molar-refractivity contribution in [3.05, 3.63) is 23.8 Å². The number of fused-ring (bicyclic) bond motifs is 7. The van der Waals surface area contributed by atoms with Crippen molar-refractivity contribution in [2.24, 2.45) is 28.6 Å². The average molecular weight is 417 g/mol. The van der Waals surface area contributed by atoms with E-state index < -0.39 is 35.6 Å². The highest BCUT2D eigenvalue weighted by molar-refractivity contribution is 6.01. The van der Waals surface area contributed by atoms with Gasteiger partial charge < -0.3 is 19.7 Å². The molecule has 0 aromatic rings. The molecule has 164 valence electrons. The molecule has 0 bridgehead atoms. The Morgan fingerprint density at radius 2 is 2.00 bits per heavy atom. The van der Waals surface area contributed by atoms with E-state index >= 15 is 0 Å². The first-order valence-corrected chi connectivity index (χ1v) is 11.1. The molecular weight excluding hydrogens is 384 g/mol. The molecule has 3 saturated carbocycles. The van der Waals surface area contributed by atoms with Crippen molar-refractivity contribution in [3.63, 3.8) is 0 Å². The molecule has 0 amide bonds. The lowest BCUT2D eigenvalue weighted by Gasteiger charge is -2.59. The van der Waals surface area contributed by atoms with Crippen molar-refractivity contribution in [1.82, 2.24) is 0 Å². The Labute approximate surface area is 177 Å². The second kappa shape index (κ2) is 6.12. The van der Waals surface area contributed by atoms with Gasteiger partial charge in [-0.2, -0.15) is 0 Å². The number of hydrogen-bond acceptors (Lipinski definition) is 6. The Morgan fingerprint density at radius 1 is 1.27 bits per heavy atom. The lowest BCUT2D eigenvalue weighted by atomic mass is 9.46. The zero-order valence-electron chi connectivity index (χ0n) is 18.2. The van der Waals surface area contributed by atoms with E-state index in [0.717, 1.165) is 18.4 Å². The van der Waals surface area contributed by atoms with E-state index in [9.17, 15) is 19.8 Å². The van der Waals surface area contributed by atoms with Gasteiger partial charge in [-0.25, -0.2) is 0 Å². The zero-order chi connectivity index (χ0) is 21.7. The molecule has 2 N–H and O–H groups in total. The monoisotopic (exact) mass is 416 g/mol. The summed E-state index contributed by atoms with van der Waals surface area (Å²) in [7, 11) is 0. The van der Waals surface area contributed by atoms with Crippen molar-refractivity contribution < 1.29 is 29.3 Å². The summed E-state index contributed by atoms with van der Waals surface area (Å²) >= 11 is 0. The van der Waals surface area contributed by atoms with Crippen LogP contribution in [0.25, 0.3) is 0 Å². The molecule has 1 aliphatic heterocycles. The van der Waals surface area contributed by atoms with Crippen LogP contribution in [0.15, 0.2) is 23.8 Å². The van der Waals surface area contributed by atoms with Crippen LogP contribution in [0, 0.1) is 28.6 Å². The number of carbonyl (C=O) groups excluding carboxylic acids is 2. The van der Waals surface area contributed by atoms with E-state index in [-0.39, 0.29) is 34.7 Å². The highest BCUT2D eigenvalue weighted by atomic mass is 16.8. The second-order valence-electron chi connectivity index (χ2n) is 10.9. The molecule has 30 heavy (non-hydrogen) atoms. The molecule has 0 aromatic heterocycles. The molecular formula is C24H32O6. The summed E-state index contributed by atoms with van der Waals surface area (Å²) in [5.41, 5.74) is -1.12. The van der Waals surface area contributed by atoms with Crippen molar-refractivity contribution in [1.29, 1.82) is 0 Å². The van der Waals surface area contributed by atoms with E-state index in [1.807, 2.05) is 13.0 Å². The molecule has 1 saturated heterocycles. The summed E-state index contributed by atoms with van der Waals surface area (Å²) in [5.74, 6) is -0.947. The average Bonchev–Trinajstić information content (AvgIpc) is 3.07. The van der Waals surface area contributed by atoms with E-state index in [1.165, 1.54) is 0 Å². The fourth-order valence-corrected chi connectivity index (χ4v) is 8.04. The lowest BCUT2D eigenvalue weighted by molar-refractivity contribution is -0.225. The van der Waals surface area contributed by atoms with Crippen LogP contribution in [0.1, 0.15) is 53.4 Å². The summed E-state index contributed by atoms with van der Waals surface area (Å²) in [5, 5.41) is 21.3. The van der Waals surface area contributed by atoms with Crippen LogP contribution in [-0.4, -0.2) is 52.0 Å². The van der Waals surface area contributed by atoms with Crippen molar-refractivity contribution in [2.45, 2.75) is 77.0 Å². The first kappa shape index (κ1) is 20.6. The summed E-state index contributed by atoms with van der Waals surface area (Å²) in [4.78, 5) is 25.1. The summed E-state index contributed by atoms with van der Waals surface area (Å²) in [6.07, 6.45) is 7.04. The normalized spacial score (nSPS) is 50.9. The number of hydrogen-bond donors (Lipinski definition) is 2. The SMILES string of the molecule is CC1(C)O[C@@H]2CC3C4CCC5=CC(=O)C=CC5(C)C4[C@@H](O)CC3(C)[C@]2(C(=O)CO)O1. The quantitative estimate of drug-likeness (QED) is 0.718. The van der Waals surface area contributed by atoms with Gasteiger partial charge in [-0.15, -0.1) is 0 Å². The molecule has 5 rings (SSSR count). The number of ketones is 2. The van der Waals surface area contributed by atoms with Crippen LogP contribution in [0.2, 0.25) is 0 Å². The highest BCUT2D eigenvalue weighted by Crippen LogP contribution is 2.70. The maximum atomic E-state index is 13.2. The molecule has 0 radical (unpaired) electrons. The number of aliphatic hydroxyl groups is 2. The van der Waals surface area contributed by atoms with Crippen molar-refractivity contribution in [3.8, 4) is 0 Å². The standard InChI is InChI=1S/C24H32O6/c1-21(2)29-19-10-16-15-6-5-13-9-14(26)7-8-22(13,3)20(15)17(27)11-23(16,4)24(19,30-21)18(28)12-25/h7-9,15-17,19-20,25,27H,5-6,10-12H2,1-4H3/t15?,16?,17-,19+,20?,22?,23?,24+/m0/s1. The third-order valence-electron chi connectivity index (χ3n) is 9.05. The minimum Gasteiger partial charge on any atom is -0.393 e. The Bertz CT molecular complexity index is 873. The van der Waals surface area contributed by atoms with E-state index in [4.69, 9.17) is 9.47 Å². The van der Waals surface area contributed by atoms with Gasteiger partial charge >= 0.3 is 0 Å². The molecule has 6 heteroatoms. The predicted molar refractivity (Wildman–Crippen MR) is 108 cm³/mol. The van der Waals surface area contributed by atoms with Crippen LogP contribution >= 0.6 is 0 Å². The van der Waals surface area contributed by atoms with Crippen LogP contribution in [0.3, 0.4) is 0 Å². The predicted octanol–water partition coefficient (Wildman–Crippen LogP) is 2.33. The number of ether oxygens (including phenoxy) is 2. The fourth-order valence-electron chi connectivity index (χ4n) is 8.04. The topological polar surface area (TPSA) is 93.1 Å². The minimum atomic E-state index is -1.24. The Morgan fingerprint density at radius 3 is 2.70 bits per heavy atom. The number of rotatable bonds is 2. The third kappa shape index (κ3) is 2.34. The van der Waals surface area contributed by atoms with Crippen molar-refractivity contribution >= 4 is 11.6 Å². The van der Waals surface area contributed by atoms with Gasteiger partial charge in [0.1, 0.15) is 6.61 Å².